The van der Waals surface area contributed by atoms with Crippen LogP contribution in [0.3, 0.4) is 0 Å². The lowest BCUT2D eigenvalue weighted by atomic mass is 9.90. The first-order chi connectivity index (χ1) is 16.2. The quantitative estimate of drug-likeness (QED) is 0.482. The van der Waals surface area contributed by atoms with Crippen molar-refractivity contribution in [1.82, 2.24) is 9.44 Å². The van der Waals surface area contributed by atoms with E-state index in [1.807, 2.05) is 12.1 Å². The van der Waals surface area contributed by atoms with Gasteiger partial charge in [0.25, 0.3) is 0 Å². The van der Waals surface area contributed by atoms with Gasteiger partial charge >= 0.3 is 0 Å². The van der Waals surface area contributed by atoms with Crippen molar-refractivity contribution in [2.75, 3.05) is 6.54 Å². The lowest BCUT2D eigenvalue weighted by Crippen LogP contribution is -2.33. The van der Waals surface area contributed by atoms with Gasteiger partial charge in [0, 0.05) is 17.6 Å². The minimum absolute atomic E-state index is 0.0646. The van der Waals surface area contributed by atoms with Crippen LogP contribution in [0.25, 0.3) is 0 Å². The Balaban J connectivity index is 1.63. The molecule has 34 heavy (non-hydrogen) atoms. The van der Waals surface area contributed by atoms with Crippen LogP contribution in [0.1, 0.15) is 68.9 Å². The highest BCUT2D eigenvalue weighted by Gasteiger charge is 2.26. The molecule has 9 heteroatoms. The van der Waals surface area contributed by atoms with E-state index in [4.69, 9.17) is 11.6 Å². The molecule has 2 saturated carbocycles. The average Bonchev–Trinajstić information content (AvgIpc) is 3.32. The van der Waals surface area contributed by atoms with E-state index in [-0.39, 0.29) is 22.3 Å². The fourth-order valence-electron chi connectivity index (χ4n) is 4.97. The minimum Gasteiger partial charge on any atom is -0.211 e. The van der Waals surface area contributed by atoms with Gasteiger partial charge in [0.2, 0.25) is 20.0 Å². The van der Waals surface area contributed by atoms with Gasteiger partial charge in [-0.25, -0.2) is 26.3 Å². The third-order valence-electron chi connectivity index (χ3n) is 6.90. The maximum atomic E-state index is 13.3. The van der Waals surface area contributed by atoms with E-state index in [0.717, 1.165) is 56.9 Å². The maximum absolute atomic E-state index is 13.3. The van der Waals surface area contributed by atoms with Crippen molar-refractivity contribution in [2.24, 2.45) is 5.92 Å². The zero-order chi connectivity index (χ0) is 24.2. The molecule has 0 aromatic heterocycles. The summed E-state index contributed by atoms with van der Waals surface area (Å²) in [7, 11) is -7.54. The van der Waals surface area contributed by atoms with Crippen molar-refractivity contribution >= 4 is 31.6 Å². The molecule has 0 radical (unpaired) electrons. The molecular formula is C25H33ClN2O4S2. The standard InChI is InChI=1S/C25H33ClN2O4S2/c26-22-12-10-19(11-13-22)16-21-17-24(33(29,30)28-23-8-4-5-9-23)14-15-25(21)34(31,32)27-18-20-6-2-1-3-7-20/h10-15,17,20,23,27-28H,1-9,16,18H2. The summed E-state index contributed by atoms with van der Waals surface area (Å²) in [4.78, 5) is 0.215. The van der Waals surface area contributed by atoms with Gasteiger partial charge in [0.15, 0.2) is 0 Å². The predicted molar refractivity (Wildman–Crippen MR) is 135 cm³/mol. The Hall–Kier alpha value is -1.45. The Labute approximate surface area is 208 Å². The molecule has 0 atom stereocenters. The van der Waals surface area contributed by atoms with Crippen LogP contribution >= 0.6 is 11.6 Å². The molecule has 0 spiro atoms. The highest BCUT2D eigenvalue weighted by molar-refractivity contribution is 7.90. The summed E-state index contributed by atoms with van der Waals surface area (Å²) in [5, 5.41) is 0.586. The van der Waals surface area contributed by atoms with Gasteiger partial charge in [-0.3, -0.25) is 0 Å². The molecule has 2 aliphatic carbocycles. The molecule has 0 saturated heterocycles. The molecule has 2 N–H and O–H groups in total. The normalized spacial score (nSPS) is 18.4. The van der Waals surface area contributed by atoms with Crippen molar-refractivity contribution in [3.05, 3.63) is 58.6 Å². The molecule has 2 aromatic rings. The van der Waals surface area contributed by atoms with Crippen LogP contribution in [0.5, 0.6) is 0 Å². The number of rotatable bonds is 9. The van der Waals surface area contributed by atoms with Crippen LogP contribution < -0.4 is 9.44 Å². The van der Waals surface area contributed by atoms with Crippen molar-refractivity contribution < 1.29 is 16.8 Å². The zero-order valence-corrected chi connectivity index (χ0v) is 21.7. The third-order valence-corrected chi connectivity index (χ3v) is 10.2. The van der Waals surface area contributed by atoms with Crippen LogP contribution in [-0.2, 0) is 26.5 Å². The number of benzene rings is 2. The average molecular weight is 525 g/mol. The van der Waals surface area contributed by atoms with Crippen LogP contribution in [-0.4, -0.2) is 29.4 Å². The monoisotopic (exact) mass is 524 g/mol. The number of sulfonamides is 2. The molecule has 4 rings (SSSR count). The summed E-state index contributed by atoms with van der Waals surface area (Å²) < 4.78 is 58.2. The fourth-order valence-corrected chi connectivity index (χ4v) is 7.79. The number of halogens is 1. The third kappa shape index (κ3) is 6.61. The van der Waals surface area contributed by atoms with Crippen molar-refractivity contribution in [3.8, 4) is 0 Å². The van der Waals surface area contributed by atoms with Gasteiger partial charge in [0.1, 0.15) is 0 Å². The van der Waals surface area contributed by atoms with Gasteiger partial charge in [-0.05, 0) is 79.5 Å². The van der Waals surface area contributed by atoms with E-state index in [0.29, 0.717) is 23.0 Å². The van der Waals surface area contributed by atoms with Gasteiger partial charge in [-0.1, -0.05) is 55.8 Å². The molecule has 0 aliphatic heterocycles. The summed E-state index contributed by atoms with van der Waals surface area (Å²) in [6, 6.07) is 11.4. The summed E-state index contributed by atoms with van der Waals surface area (Å²) in [5.74, 6) is 0.346. The second-order valence-corrected chi connectivity index (χ2v) is 13.4. The van der Waals surface area contributed by atoms with Gasteiger partial charge < -0.3 is 0 Å². The second-order valence-electron chi connectivity index (χ2n) is 9.53. The molecule has 0 heterocycles. The Kier molecular flexibility index (Phi) is 8.36. The van der Waals surface area contributed by atoms with E-state index in [9.17, 15) is 16.8 Å². The number of hydrogen-bond donors (Lipinski definition) is 2. The van der Waals surface area contributed by atoms with E-state index < -0.39 is 20.0 Å². The van der Waals surface area contributed by atoms with Gasteiger partial charge in [-0.15, -0.1) is 0 Å². The summed E-state index contributed by atoms with van der Waals surface area (Å²) in [6.45, 7) is 0.409. The van der Waals surface area contributed by atoms with E-state index >= 15 is 0 Å². The van der Waals surface area contributed by atoms with Crippen LogP contribution in [0.2, 0.25) is 5.02 Å². The van der Waals surface area contributed by atoms with Crippen molar-refractivity contribution in [2.45, 2.75) is 80.0 Å². The predicted octanol–water partition coefficient (Wildman–Crippen LogP) is 5.01. The summed E-state index contributed by atoms with van der Waals surface area (Å²) >= 11 is 6.01. The Morgan fingerprint density at radius 3 is 2.12 bits per heavy atom. The zero-order valence-electron chi connectivity index (χ0n) is 19.3. The molecular weight excluding hydrogens is 492 g/mol. The van der Waals surface area contributed by atoms with Crippen molar-refractivity contribution in [3.63, 3.8) is 0 Å². The van der Waals surface area contributed by atoms with Crippen LogP contribution in [0, 0.1) is 5.92 Å². The SMILES string of the molecule is O=S(=O)(NC1CCCC1)c1ccc(S(=O)(=O)NCC2CCCCC2)c(Cc2ccc(Cl)cc2)c1. The molecule has 6 nitrogen and oxygen atoms in total. The summed E-state index contributed by atoms with van der Waals surface area (Å²) in [6.07, 6.45) is 9.50. The second kappa shape index (κ2) is 11.1. The fraction of sp³-hybridized carbons (Fsp3) is 0.520. The van der Waals surface area contributed by atoms with Crippen molar-refractivity contribution in [1.29, 1.82) is 0 Å². The lowest BCUT2D eigenvalue weighted by Gasteiger charge is -2.22. The lowest BCUT2D eigenvalue weighted by molar-refractivity contribution is 0.357. The Morgan fingerprint density at radius 1 is 0.794 bits per heavy atom. The molecule has 2 aliphatic rings. The first kappa shape index (κ1) is 25.6. The highest BCUT2D eigenvalue weighted by atomic mass is 35.5. The Bertz CT molecular complexity index is 1190. The molecule has 2 fully saturated rings. The van der Waals surface area contributed by atoms with Gasteiger partial charge in [0.05, 0.1) is 9.79 Å². The number of hydrogen-bond acceptors (Lipinski definition) is 4. The molecule has 0 unspecified atom stereocenters. The maximum Gasteiger partial charge on any atom is 0.240 e. The summed E-state index contributed by atoms with van der Waals surface area (Å²) in [5.41, 5.74) is 1.30. The van der Waals surface area contributed by atoms with E-state index in [2.05, 4.69) is 9.44 Å². The van der Waals surface area contributed by atoms with Crippen LogP contribution in [0.15, 0.2) is 52.3 Å². The largest absolute Gasteiger partial charge is 0.240 e. The number of nitrogens with one attached hydrogen (secondary N) is 2. The van der Waals surface area contributed by atoms with E-state index in [1.54, 1.807) is 12.1 Å². The Morgan fingerprint density at radius 2 is 1.44 bits per heavy atom. The smallest absolute Gasteiger partial charge is 0.211 e. The first-order valence-electron chi connectivity index (χ1n) is 12.1. The van der Waals surface area contributed by atoms with E-state index in [1.165, 1.54) is 24.6 Å². The molecule has 2 aromatic carbocycles. The van der Waals surface area contributed by atoms with Crippen LogP contribution in [0.4, 0.5) is 0 Å². The first-order valence-corrected chi connectivity index (χ1v) is 15.5. The van der Waals surface area contributed by atoms with Gasteiger partial charge in [-0.2, -0.15) is 0 Å². The molecule has 0 bridgehead atoms. The molecule has 186 valence electrons. The minimum atomic E-state index is -3.79. The molecule has 0 amide bonds. The highest BCUT2D eigenvalue weighted by Crippen LogP contribution is 2.27. The topological polar surface area (TPSA) is 92.3 Å².